The van der Waals surface area contributed by atoms with Gasteiger partial charge in [-0.1, -0.05) is 6.92 Å². The van der Waals surface area contributed by atoms with E-state index in [2.05, 4.69) is 6.92 Å². The number of urea groups is 1. The molecule has 1 N–H and O–H groups in total. The maximum atomic E-state index is 12.5. The highest BCUT2D eigenvalue weighted by Crippen LogP contribution is 2.31. The highest BCUT2D eigenvalue weighted by Gasteiger charge is 2.38. The zero-order valence-corrected chi connectivity index (χ0v) is 12.6. The van der Waals surface area contributed by atoms with Crippen molar-refractivity contribution in [2.24, 2.45) is 11.3 Å². The summed E-state index contributed by atoms with van der Waals surface area (Å²) >= 11 is 0. The topological polar surface area (TPSA) is 60.9 Å². The van der Waals surface area contributed by atoms with Gasteiger partial charge in [0.1, 0.15) is 0 Å². The van der Waals surface area contributed by atoms with E-state index >= 15 is 0 Å². The zero-order chi connectivity index (χ0) is 14.8. The SMILES string of the molecule is CC1CCCN(C(=O)N2CCC(C)(C(=O)O)CC2)CC1. The number of piperidine rings is 1. The number of aliphatic carboxylic acids is 1. The molecule has 2 amide bonds. The summed E-state index contributed by atoms with van der Waals surface area (Å²) in [6.07, 6.45) is 4.46. The van der Waals surface area contributed by atoms with E-state index in [4.69, 9.17) is 0 Å². The van der Waals surface area contributed by atoms with Crippen LogP contribution in [0.2, 0.25) is 0 Å². The third-order valence-corrected chi connectivity index (χ3v) is 4.94. The predicted octanol–water partition coefficient (Wildman–Crippen LogP) is 2.42. The summed E-state index contributed by atoms with van der Waals surface area (Å²) < 4.78 is 0. The Morgan fingerprint density at radius 1 is 1.05 bits per heavy atom. The normalized spacial score (nSPS) is 27.0. The van der Waals surface area contributed by atoms with Gasteiger partial charge >= 0.3 is 12.0 Å². The molecule has 2 aliphatic heterocycles. The van der Waals surface area contributed by atoms with Crippen molar-refractivity contribution in [1.29, 1.82) is 0 Å². The van der Waals surface area contributed by atoms with Gasteiger partial charge in [-0.2, -0.15) is 0 Å². The van der Waals surface area contributed by atoms with Gasteiger partial charge in [-0.3, -0.25) is 4.79 Å². The van der Waals surface area contributed by atoms with Crippen LogP contribution in [0.15, 0.2) is 0 Å². The van der Waals surface area contributed by atoms with E-state index in [1.165, 1.54) is 6.42 Å². The lowest BCUT2D eigenvalue weighted by Crippen LogP contribution is -2.50. The van der Waals surface area contributed by atoms with Gasteiger partial charge in [0, 0.05) is 26.2 Å². The van der Waals surface area contributed by atoms with E-state index in [0.717, 1.165) is 25.9 Å². The fourth-order valence-electron chi connectivity index (χ4n) is 3.06. The number of carboxylic acids is 1. The Hall–Kier alpha value is -1.26. The van der Waals surface area contributed by atoms with Crippen LogP contribution >= 0.6 is 0 Å². The molecule has 0 bridgehead atoms. The first kappa shape index (κ1) is 15.1. The van der Waals surface area contributed by atoms with Crippen molar-refractivity contribution in [3.8, 4) is 0 Å². The third kappa shape index (κ3) is 3.25. The van der Waals surface area contributed by atoms with Gasteiger partial charge in [0.2, 0.25) is 0 Å². The van der Waals surface area contributed by atoms with E-state index in [0.29, 0.717) is 31.8 Å². The van der Waals surface area contributed by atoms with Crippen LogP contribution in [0.4, 0.5) is 4.79 Å². The second-order valence-electron chi connectivity index (χ2n) is 6.66. The van der Waals surface area contributed by atoms with Crippen molar-refractivity contribution < 1.29 is 14.7 Å². The molecule has 2 fully saturated rings. The Morgan fingerprint density at radius 3 is 2.25 bits per heavy atom. The highest BCUT2D eigenvalue weighted by atomic mass is 16.4. The lowest BCUT2D eigenvalue weighted by atomic mass is 9.80. The Kier molecular flexibility index (Phi) is 4.55. The number of hydrogen-bond acceptors (Lipinski definition) is 2. The minimum atomic E-state index is -0.742. The molecule has 0 aliphatic carbocycles. The first-order valence-electron chi connectivity index (χ1n) is 7.69. The molecular weight excluding hydrogens is 256 g/mol. The van der Waals surface area contributed by atoms with E-state index in [1.54, 1.807) is 6.92 Å². The first-order chi connectivity index (χ1) is 9.42. The quantitative estimate of drug-likeness (QED) is 0.803. The summed E-state index contributed by atoms with van der Waals surface area (Å²) in [4.78, 5) is 27.5. The van der Waals surface area contributed by atoms with Gasteiger partial charge in [0.05, 0.1) is 5.41 Å². The van der Waals surface area contributed by atoms with E-state index in [1.807, 2.05) is 9.80 Å². The van der Waals surface area contributed by atoms with Crippen LogP contribution in [-0.2, 0) is 4.79 Å². The van der Waals surface area contributed by atoms with Crippen LogP contribution in [0, 0.1) is 11.3 Å². The lowest BCUT2D eigenvalue weighted by Gasteiger charge is -2.38. The maximum absolute atomic E-state index is 12.5. The lowest BCUT2D eigenvalue weighted by molar-refractivity contribution is -0.150. The molecule has 2 saturated heterocycles. The molecule has 5 nitrogen and oxygen atoms in total. The van der Waals surface area contributed by atoms with Gasteiger partial charge < -0.3 is 14.9 Å². The Bertz CT molecular complexity index is 375. The van der Waals surface area contributed by atoms with Crippen molar-refractivity contribution in [2.45, 2.75) is 46.0 Å². The number of hydrogen-bond donors (Lipinski definition) is 1. The van der Waals surface area contributed by atoms with Crippen molar-refractivity contribution in [3.05, 3.63) is 0 Å². The largest absolute Gasteiger partial charge is 0.481 e. The average molecular weight is 282 g/mol. The predicted molar refractivity (Wildman–Crippen MR) is 76.5 cm³/mol. The van der Waals surface area contributed by atoms with Gasteiger partial charge in [-0.05, 0) is 44.9 Å². The molecule has 1 atom stereocenters. The monoisotopic (exact) mass is 282 g/mol. The number of nitrogens with zero attached hydrogens (tertiary/aromatic N) is 2. The minimum Gasteiger partial charge on any atom is -0.481 e. The van der Waals surface area contributed by atoms with Crippen molar-refractivity contribution in [1.82, 2.24) is 9.80 Å². The van der Waals surface area contributed by atoms with Crippen LogP contribution in [0.3, 0.4) is 0 Å². The molecule has 1 unspecified atom stereocenters. The van der Waals surface area contributed by atoms with E-state index < -0.39 is 11.4 Å². The summed E-state index contributed by atoms with van der Waals surface area (Å²) in [5.74, 6) is -0.0438. The molecule has 0 aromatic carbocycles. The number of likely N-dealkylation sites (tertiary alicyclic amines) is 2. The van der Waals surface area contributed by atoms with Crippen LogP contribution < -0.4 is 0 Å². The molecule has 2 heterocycles. The van der Waals surface area contributed by atoms with Crippen LogP contribution in [0.5, 0.6) is 0 Å². The summed E-state index contributed by atoms with van der Waals surface area (Å²) in [6, 6.07) is 0.103. The second kappa shape index (κ2) is 6.02. The van der Waals surface area contributed by atoms with E-state index in [-0.39, 0.29) is 6.03 Å². The number of carbonyl (C=O) groups excluding carboxylic acids is 1. The molecule has 5 heteroatoms. The molecule has 2 aliphatic rings. The summed E-state index contributed by atoms with van der Waals surface area (Å²) in [5.41, 5.74) is -0.663. The molecule has 0 radical (unpaired) electrons. The smallest absolute Gasteiger partial charge is 0.319 e. The van der Waals surface area contributed by atoms with Crippen molar-refractivity contribution in [2.75, 3.05) is 26.2 Å². The van der Waals surface area contributed by atoms with Crippen LogP contribution in [0.1, 0.15) is 46.0 Å². The molecule has 0 aromatic rings. The van der Waals surface area contributed by atoms with Gasteiger partial charge in [0.25, 0.3) is 0 Å². The number of rotatable bonds is 1. The summed E-state index contributed by atoms with van der Waals surface area (Å²) in [7, 11) is 0. The third-order valence-electron chi connectivity index (χ3n) is 4.94. The molecule has 0 aromatic heterocycles. The molecular formula is C15H26N2O3. The number of carboxylic acid groups (broad SMARTS) is 1. The fraction of sp³-hybridized carbons (Fsp3) is 0.867. The van der Waals surface area contributed by atoms with Gasteiger partial charge in [-0.15, -0.1) is 0 Å². The first-order valence-corrected chi connectivity index (χ1v) is 7.69. The summed E-state index contributed by atoms with van der Waals surface area (Å²) in [5, 5.41) is 9.22. The second-order valence-corrected chi connectivity index (χ2v) is 6.66. The Morgan fingerprint density at radius 2 is 1.65 bits per heavy atom. The van der Waals surface area contributed by atoms with Gasteiger partial charge in [0.15, 0.2) is 0 Å². The Balaban J connectivity index is 1.90. The van der Waals surface area contributed by atoms with Crippen molar-refractivity contribution in [3.63, 3.8) is 0 Å². The van der Waals surface area contributed by atoms with E-state index in [9.17, 15) is 14.7 Å². The van der Waals surface area contributed by atoms with Crippen LogP contribution in [-0.4, -0.2) is 53.1 Å². The zero-order valence-electron chi connectivity index (χ0n) is 12.6. The highest BCUT2D eigenvalue weighted by molar-refractivity contribution is 5.77. The molecule has 0 spiro atoms. The van der Waals surface area contributed by atoms with Crippen LogP contribution in [0.25, 0.3) is 0 Å². The van der Waals surface area contributed by atoms with Gasteiger partial charge in [-0.25, -0.2) is 4.79 Å². The summed E-state index contributed by atoms with van der Waals surface area (Å²) in [6.45, 7) is 6.84. The molecule has 114 valence electrons. The number of amides is 2. The number of carbonyl (C=O) groups is 2. The average Bonchev–Trinajstić information content (AvgIpc) is 2.63. The standard InChI is InChI=1S/C15H26N2O3/c1-12-4-3-8-16(9-5-12)14(20)17-10-6-15(2,7-11-17)13(18)19/h12H,3-11H2,1-2H3,(H,18,19). The molecule has 0 saturated carbocycles. The van der Waals surface area contributed by atoms with Crippen molar-refractivity contribution >= 4 is 12.0 Å². The molecule has 2 rings (SSSR count). The molecule has 20 heavy (non-hydrogen) atoms. The minimum absolute atomic E-state index is 0.103. The Labute approximate surface area is 120 Å². The fourth-order valence-corrected chi connectivity index (χ4v) is 3.06. The maximum Gasteiger partial charge on any atom is 0.319 e.